The highest BCUT2D eigenvalue weighted by molar-refractivity contribution is 7.92. The summed E-state index contributed by atoms with van der Waals surface area (Å²) in [6.45, 7) is 3.80. The van der Waals surface area contributed by atoms with Gasteiger partial charge in [-0.05, 0) is 53.9 Å². The number of benzene rings is 2. The molecule has 7 heteroatoms. The smallest absolute Gasteiger partial charge is 0.192 e. The summed E-state index contributed by atoms with van der Waals surface area (Å²) in [5.74, 6) is 0.510. The largest absolute Gasteiger partial charge is 0.319 e. The topological polar surface area (TPSA) is 79.5 Å². The number of nitrogens with zero attached hydrogens (tertiary/aromatic N) is 2. The van der Waals surface area contributed by atoms with Crippen LogP contribution in [0.1, 0.15) is 16.7 Å². The minimum absolute atomic E-state index is 0.0533. The van der Waals surface area contributed by atoms with E-state index in [2.05, 4.69) is 10.6 Å². The van der Waals surface area contributed by atoms with E-state index in [0.29, 0.717) is 16.2 Å². The Morgan fingerprint density at radius 3 is 2.52 bits per heavy atom. The van der Waals surface area contributed by atoms with Gasteiger partial charge in [-0.3, -0.25) is 0 Å². The molecule has 0 bridgehead atoms. The Kier molecular flexibility index (Phi) is 5.71. The maximum absolute atomic E-state index is 12.4. The van der Waals surface area contributed by atoms with Gasteiger partial charge in [0.05, 0.1) is 10.5 Å². The quantitative estimate of drug-likeness (QED) is 0.570. The van der Waals surface area contributed by atoms with E-state index in [-0.39, 0.29) is 4.90 Å². The van der Waals surface area contributed by atoms with E-state index in [9.17, 15) is 13.7 Å². The van der Waals surface area contributed by atoms with Crippen molar-refractivity contribution in [2.45, 2.75) is 18.7 Å². The summed E-state index contributed by atoms with van der Waals surface area (Å²) >= 11 is 0. The summed E-state index contributed by atoms with van der Waals surface area (Å²) in [5.41, 5.74) is 3.23. The van der Waals surface area contributed by atoms with Crippen LogP contribution in [0.3, 0.4) is 0 Å². The molecule has 1 aliphatic rings. The molecule has 138 valence electrons. The maximum atomic E-state index is 12.4. The van der Waals surface area contributed by atoms with Crippen molar-refractivity contribution in [3.8, 4) is 6.07 Å². The highest BCUT2D eigenvalue weighted by Gasteiger charge is 2.20. The Morgan fingerprint density at radius 2 is 1.85 bits per heavy atom. The third kappa shape index (κ3) is 4.25. The summed E-state index contributed by atoms with van der Waals surface area (Å²) in [4.78, 5) is 0.739. The first-order valence-electron chi connectivity index (χ1n) is 8.21. The molecule has 0 spiro atoms. The van der Waals surface area contributed by atoms with Gasteiger partial charge in [-0.2, -0.15) is 13.7 Å². The van der Waals surface area contributed by atoms with E-state index < -0.39 is 20.8 Å². The molecular weight excluding hydrogens is 380 g/mol. The van der Waals surface area contributed by atoms with Crippen LogP contribution in [0.4, 0.5) is 0 Å². The van der Waals surface area contributed by atoms with Crippen LogP contribution in [0.25, 0.3) is 5.57 Å². The molecule has 0 aromatic heterocycles. The van der Waals surface area contributed by atoms with Crippen molar-refractivity contribution in [2.24, 2.45) is 4.53 Å². The van der Waals surface area contributed by atoms with Gasteiger partial charge in [-0.1, -0.05) is 52.6 Å². The zero-order valence-corrected chi connectivity index (χ0v) is 16.5. The van der Waals surface area contributed by atoms with Crippen LogP contribution < -0.4 is 0 Å². The summed E-state index contributed by atoms with van der Waals surface area (Å²) < 4.78 is 33.6. The van der Waals surface area contributed by atoms with Crippen LogP contribution >= 0.6 is 0 Å². The Balaban J connectivity index is 1.96. The molecule has 0 radical (unpaired) electrons. The van der Waals surface area contributed by atoms with E-state index >= 15 is 0 Å². The SMILES string of the molecule is Cc1ccc(S(=O)(=O)O/N=S2\CC=C\C2=C(\C#N)c2ccccc2C)cc1. The van der Waals surface area contributed by atoms with Crippen LogP contribution in [0, 0.1) is 25.2 Å². The second kappa shape index (κ2) is 8.01. The van der Waals surface area contributed by atoms with Crippen molar-refractivity contribution in [3.63, 3.8) is 0 Å². The van der Waals surface area contributed by atoms with Crippen LogP contribution in [0.2, 0.25) is 0 Å². The zero-order valence-electron chi connectivity index (χ0n) is 14.9. The van der Waals surface area contributed by atoms with Crippen LogP contribution in [0.15, 0.2) is 75.0 Å². The number of nitriles is 1. The molecule has 3 rings (SSSR count). The number of allylic oxidation sites excluding steroid dienone is 2. The van der Waals surface area contributed by atoms with E-state index in [1.807, 2.05) is 50.3 Å². The lowest BCUT2D eigenvalue weighted by atomic mass is 10.0. The molecule has 2 aromatic rings. The minimum atomic E-state index is -3.99. The van der Waals surface area contributed by atoms with Gasteiger partial charge < -0.3 is 0 Å². The summed E-state index contributed by atoms with van der Waals surface area (Å²) in [6.07, 6.45) is 3.69. The number of hydrogen-bond acceptors (Lipinski definition) is 5. The van der Waals surface area contributed by atoms with Gasteiger partial charge in [0, 0.05) is 10.7 Å². The summed E-state index contributed by atoms with van der Waals surface area (Å²) in [6, 6.07) is 16.2. The van der Waals surface area contributed by atoms with Gasteiger partial charge in [-0.15, -0.1) is 4.28 Å². The second-order valence-corrected chi connectivity index (χ2v) is 9.20. The van der Waals surface area contributed by atoms with Crippen LogP contribution in [-0.4, -0.2) is 14.2 Å². The fraction of sp³-hybridized carbons (Fsp3) is 0.150. The van der Waals surface area contributed by atoms with Crippen LogP contribution in [0.5, 0.6) is 0 Å². The molecule has 0 saturated carbocycles. The first kappa shape index (κ1) is 19.2. The van der Waals surface area contributed by atoms with Gasteiger partial charge >= 0.3 is 10.1 Å². The van der Waals surface area contributed by atoms with Crippen molar-refractivity contribution >= 4 is 26.4 Å². The molecule has 0 saturated heterocycles. The lowest BCUT2D eigenvalue weighted by Gasteiger charge is -2.08. The lowest BCUT2D eigenvalue weighted by molar-refractivity contribution is 0.346. The normalized spacial score (nSPS) is 18.5. The predicted molar refractivity (Wildman–Crippen MR) is 107 cm³/mol. The average molecular weight is 399 g/mol. The highest BCUT2D eigenvalue weighted by atomic mass is 32.2. The molecule has 27 heavy (non-hydrogen) atoms. The number of aryl methyl sites for hydroxylation is 2. The van der Waals surface area contributed by atoms with E-state index in [0.717, 1.165) is 16.7 Å². The molecule has 2 aromatic carbocycles. The second-order valence-electron chi connectivity index (χ2n) is 6.02. The highest BCUT2D eigenvalue weighted by Crippen LogP contribution is 2.28. The Hall–Kier alpha value is -2.53. The van der Waals surface area contributed by atoms with E-state index in [1.54, 1.807) is 12.1 Å². The molecule has 1 heterocycles. The van der Waals surface area contributed by atoms with Crippen LogP contribution in [-0.2, 0) is 25.1 Å². The van der Waals surface area contributed by atoms with E-state index in [1.165, 1.54) is 12.1 Å². The number of rotatable bonds is 4. The maximum Gasteiger partial charge on any atom is 0.319 e. The molecule has 1 atom stereocenters. The molecule has 1 aliphatic heterocycles. The molecule has 1 unspecified atom stereocenters. The number of hydrogen-bond donors (Lipinski definition) is 0. The standard InChI is InChI=1S/C20H18N2O3S2/c1-15-9-11-17(12-10-15)27(23,24)25-22-26-13-5-8-20(26)19(14-21)18-7-4-3-6-16(18)2/h3-12H,13H2,1-2H3/b20-19+. The fourth-order valence-corrected chi connectivity index (χ4v) is 5.03. The van der Waals surface area contributed by atoms with Gasteiger partial charge in [0.25, 0.3) is 0 Å². The minimum Gasteiger partial charge on any atom is -0.192 e. The van der Waals surface area contributed by atoms with Crippen molar-refractivity contribution in [1.29, 1.82) is 5.26 Å². The summed E-state index contributed by atoms with van der Waals surface area (Å²) in [5, 5.41) is 9.68. The van der Waals surface area contributed by atoms with Gasteiger partial charge in [-0.25, -0.2) is 0 Å². The molecular formula is C20H18N2O3S2. The Labute approximate surface area is 161 Å². The third-order valence-electron chi connectivity index (χ3n) is 4.08. The summed E-state index contributed by atoms with van der Waals surface area (Å²) in [7, 11) is -4.84. The molecule has 0 aliphatic carbocycles. The van der Waals surface area contributed by atoms with Gasteiger partial charge in [0.2, 0.25) is 0 Å². The molecule has 0 amide bonds. The molecule has 5 nitrogen and oxygen atoms in total. The predicted octanol–water partition coefficient (Wildman–Crippen LogP) is 4.23. The fourth-order valence-electron chi connectivity index (χ4n) is 2.61. The monoisotopic (exact) mass is 398 g/mol. The van der Waals surface area contributed by atoms with Crippen molar-refractivity contribution in [1.82, 2.24) is 0 Å². The van der Waals surface area contributed by atoms with Crippen molar-refractivity contribution < 1.29 is 12.7 Å². The average Bonchev–Trinajstić information content (AvgIpc) is 3.11. The Morgan fingerprint density at radius 1 is 1.15 bits per heavy atom. The van der Waals surface area contributed by atoms with Crippen molar-refractivity contribution in [3.05, 3.63) is 82.3 Å². The van der Waals surface area contributed by atoms with Gasteiger partial charge in [0.1, 0.15) is 6.07 Å². The Bertz CT molecular complexity index is 1110. The zero-order chi connectivity index (χ0) is 19.4. The lowest BCUT2D eigenvalue weighted by Crippen LogP contribution is -2.04. The molecule has 0 N–H and O–H groups in total. The molecule has 0 fully saturated rings. The first-order valence-corrected chi connectivity index (χ1v) is 11.0. The third-order valence-corrected chi connectivity index (χ3v) is 6.90. The first-order chi connectivity index (χ1) is 12.9. The van der Waals surface area contributed by atoms with Crippen molar-refractivity contribution in [2.75, 3.05) is 5.75 Å². The van der Waals surface area contributed by atoms with E-state index in [4.69, 9.17) is 4.28 Å². The van der Waals surface area contributed by atoms with Gasteiger partial charge in [0.15, 0.2) is 0 Å².